The van der Waals surface area contributed by atoms with E-state index >= 15 is 0 Å². The van der Waals surface area contributed by atoms with Gasteiger partial charge in [0.1, 0.15) is 5.82 Å². The zero-order valence-corrected chi connectivity index (χ0v) is 18.2. The Labute approximate surface area is 186 Å². The van der Waals surface area contributed by atoms with E-state index in [-0.39, 0.29) is 29.7 Å². The number of rotatable bonds is 5. The van der Waals surface area contributed by atoms with Crippen molar-refractivity contribution in [2.75, 3.05) is 13.1 Å². The number of hydrogen-bond acceptors (Lipinski definition) is 4. The van der Waals surface area contributed by atoms with Gasteiger partial charge in [-0.05, 0) is 51.0 Å². The van der Waals surface area contributed by atoms with Crippen LogP contribution < -0.4 is 5.32 Å². The van der Waals surface area contributed by atoms with Gasteiger partial charge in [-0.1, -0.05) is 24.3 Å². The first-order valence-electron chi connectivity index (χ1n) is 10.8. The molecule has 1 N–H and O–H groups in total. The molecular weight excluding hydrogens is 409 g/mol. The van der Waals surface area contributed by atoms with Crippen molar-refractivity contribution in [3.05, 3.63) is 66.1 Å². The van der Waals surface area contributed by atoms with E-state index < -0.39 is 5.82 Å². The third-order valence-electron chi connectivity index (χ3n) is 5.62. The lowest BCUT2D eigenvalue weighted by Crippen LogP contribution is -2.44. The van der Waals surface area contributed by atoms with Crippen molar-refractivity contribution in [3.8, 4) is 22.8 Å². The second-order valence-corrected chi connectivity index (χ2v) is 8.28. The lowest BCUT2D eigenvalue weighted by Gasteiger charge is -2.32. The van der Waals surface area contributed by atoms with Gasteiger partial charge in [-0.2, -0.15) is 0 Å². The summed E-state index contributed by atoms with van der Waals surface area (Å²) in [5.74, 6) is 0.00773. The summed E-state index contributed by atoms with van der Waals surface area (Å²) in [6, 6.07) is 13.5. The van der Waals surface area contributed by atoms with Crippen molar-refractivity contribution in [1.82, 2.24) is 15.2 Å². The highest BCUT2D eigenvalue weighted by atomic mass is 19.1. The molecule has 1 fully saturated rings. The summed E-state index contributed by atoms with van der Waals surface area (Å²) in [5, 5.41) is 2.95. The summed E-state index contributed by atoms with van der Waals surface area (Å²) >= 11 is 0. The first-order valence-corrected chi connectivity index (χ1v) is 10.8. The Bertz CT molecular complexity index is 1120. The molecule has 4 rings (SSSR count). The Balaban J connectivity index is 1.52. The molecule has 2 heterocycles. The normalized spacial score (nSPS) is 14.6. The smallest absolute Gasteiger partial charge is 0.254 e. The van der Waals surface area contributed by atoms with Crippen molar-refractivity contribution >= 4 is 11.8 Å². The number of amides is 2. The van der Waals surface area contributed by atoms with Gasteiger partial charge in [0.05, 0.1) is 17.3 Å². The highest BCUT2D eigenvalue weighted by Crippen LogP contribution is 2.30. The SMILES string of the molecule is CC(C)NC(=O)C1CCN(C(=O)c2ccccc2-c2ncc(-c3ccccc3F)o2)CC1. The van der Waals surface area contributed by atoms with E-state index in [2.05, 4.69) is 10.3 Å². The molecule has 32 heavy (non-hydrogen) atoms. The third kappa shape index (κ3) is 4.56. The van der Waals surface area contributed by atoms with Crippen LogP contribution >= 0.6 is 0 Å². The molecule has 2 amide bonds. The first-order chi connectivity index (χ1) is 15.4. The minimum absolute atomic E-state index is 0.0490. The van der Waals surface area contributed by atoms with Gasteiger partial charge < -0.3 is 14.6 Å². The molecule has 1 saturated heterocycles. The largest absolute Gasteiger partial charge is 0.436 e. The van der Waals surface area contributed by atoms with Crippen LogP contribution in [0.25, 0.3) is 22.8 Å². The molecule has 0 saturated carbocycles. The van der Waals surface area contributed by atoms with Crippen LogP contribution in [0.2, 0.25) is 0 Å². The van der Waals surface area contributed by atoms with Gasteiger partial charge >= 0.3 is 0 Å². The van der Waals surface area contributed by atoms with E-state index in [4.69, 9.17) is 4.42 Å². The highest BCUT2D eigenvalue weighted by Gasteiger charge is 2.29. The Morgan fingerprint density at radius 2 is 1.72 bits per heavy atom. The van der Waals surface area contributed by atoms with Crippen LogP contribution in [0.1, 0.15) is 37.0 Å². The van der Waals surface area contributed by atoms with Crippen LogP contribution in [-0.2, 0) is 4.79 Å². The summed E-state index contributed by atoms with van der Waals surface area (Å²) in [6.45, 7) is 4.90. The average molecular weight is 435 g/mol. The summed E-state index contributed by atoms with van der Waals surface area (Å²) in [6.07, 6.45) is 2.72. The summed E-state index contributed by atoms with van der Waals surface area (Å²) in [4.78, 5) is 31.6. The summed E-state index contributed by atoms with van der Waals surface area (Å²) < 4.78 is 19.9. The van der Waals surface area contributed by atoms with Gasteiger partial charge in [0.25, 0.3) is 5.91 Å². The fourth-order valence-electron chi connectivity index (χ4n) is 3.96. The first kappa shape index (κ1) is 21.7. The van der Waals surface area contributed by atoms with Crippen LogP contribution in [0.5, 0.6) is 0 Å². The molecule has 0 aliphatic carbocycles. The molecule has 0 spiro atoms. The minimum atomic E-state index is -0.399. The van der Waals surface area contributed by atoms with E-state index in [0.29, 0.717) is 48.4 Å². The fourth-order valence-corrected chi connectivity index (χ4v) is 3.96. The molecule has 1 aliphatic rings. The number of benzene rings is 2. The Morgan fingerprint density at radius 1 is 1.06 bits per heavy atom. The Kier molecular flexibility index (Phi) is 6.35. The van der Waals surface area contributed by atoms with Crippen LogP contribution in [0.4, 0.5) is 4.39 Å². The zero-order valence-electron chi connectivity index (χ0n) is 18.2. The molecule has 1 aromatic heterocycles. The quantitative estimate of drug-likeness (QED) is 0.639. The highest BCUT2D eigenvalue weighted by molar-refractivity contribution is 6.00. The molecule has 0 bridgehead atoms. The van der Waals surface area contributed by atoms with Crippen molar-refractivity contribution in [2.24, 2.45) is 5.92 Å². The second-order valence-electron chi connectivity index (χ2n) is 8.28. The van der Waals surface area contributed by atoms with Gasteiger partial charge in [0.15, 0.2) is 5.76 Å². The number of aromatic nitrogens is 1. The average Bonchev–Trinajstić information content (AvgIpc) is 3.28. The molecule has 2 aromatic carbocycles. The van der Waals surface area contributed by atoms with E-state index in [9.17, 15) is 14.0 Å². The number of nitrogens with zero attached hydrogens (tertiary/aromatic N) is 2. The molecule has 0 unspecified atom stereocenters. The number of hydrogen-bond donors (Lipinski definition) is 1. The van der Waals surface area contributed by atoms with Crippen molar-refractivity contribution in [1.29, 1.82) is 0 Å². The van der Waals surface area contributed by atoms with Crippen molar-refractivity contribution in [3.63, 3.8) is 0 Å². The van der Waals surface area contributed by atoms with Gasteiger partial charge in [-0.3, -0.25) is 9.59 Å². The van der Waals surface area contributed by atoms with Gasteiger partial charge in [0.2, 0.25) is 11.8 Å². The minimum Gasteiger partial charge on any atom is -0.436 e. The second kappa shape index (κ2) is 9.34. The third-order valence-corrected chi connectivity index (χ3v) is 5.62. The number of carbonyl (C=O) groups excluding carboxylic acids is 2. The predicted octanol–water partition coefficient (Wildman–Crippen LogP) is 4.52. The van der Waals surface area contributed by atoms with E-state index in [1.54, 1.807) is 41.3 Å². The molecular formula is C25H26FN3O3. The zero-order chi connectivity index (χ0) is 22.7. The molecule has 6 nitrogen and oxygen atoms in total. The van der Waals surface area contributed by atoms with E-state index in [1.807, 2.05) is 19.9 Å². The molecule has 1 aliphatic heterocycles. The summed E-state index contributed by atoms with van der Waals surface area (Å²) in [5.41, 5.74) is 1.34. The molecule has 7 heteroatoms. The maximum absolute atomic E-state index is 14.1. The van der Waals surface area contributed by atoms with E-state index in [0.717, 1.165) is 0 Å². The monoisotopic (exact) mass is 435 g/mol. The lowest BCUT2D eigenvalue weighted by molar-refractivity contribution is -0.126. The van der Waals surface area contributed by atoms with E-state index in [1.165, 1.54) is 12.3 Å². The number of piperidine rings is 1. The molecule has 0 radical (unpaired) electrons. The number of likely N-dealkylation sites (tertiary alicyclic amines) is 1. The number of halogens is 1. The molecule has 0 atom stereocenters. The van der Waals surface area contributed by atoms with Gasteiger partial charge in [0, 0.05) is 30.6 Å². The van der Waals surface area contributed by atoms with Gasteiger partial charge in [-0.25, -0.2) is 9.37 Å². The van der Waals surface area contributed by atoms with Crippen molar-refractivity contribution < 1.29 is 18.4 Å². The van der Waals surface area contributed by atoms with Crippen LogP contribution in [0, 0.1) is 11.7 Å². The van der Waals surface area contributed by atoms with Crippen LogP contribution in [-0.4, -0.2) is 40.8 Å². The maximum atomic E-state index is 14.1. The van der Waals surface area contributed by atoms with Crippen LogP contribution in [0.3, 0.4) is 0 Å². The number of oxazole rings is 1. The fraction of sp³-hybridized carbons (Fsp3) is 0.320. The Hall–Kier alpha value is -3.48. The Morgan fingerprint density at radius 3 is 2.41 bits per heavy atom. The molecule has 3 aromatic rings. The maximum Gasteiger partial charge on any atom is 0.254 e. The molecule has 166 valence electrons. The number of nitrogens with one attached hydrogen (secondary N) is 1. The standard InChI is InChI=1S/C25H26FN3O3/c1-16(2)28-23(30)17-11-13-29(14-12-17)25(31)19-8-4-3-7-18(19)24-27-15-22(32-24)20-9-5-6-10-21(20)26/h3-10,15-17H,11-14H2,1-2H3,(H,28,30). The predicted molar refractivity (Wildman–Crippen MR) is 119 cm³/mol. The summed E-state index contributed by atoms with van der Waals surface area (Å²) in [7, 11) is 0. The van der Waals surface area contributed by atoms with Gasteiger partial charge in [-0.15, -0.1) is 0 Å². The van der Waals surface area contributed by atoms with Crippen LogP contribution in [0.15, 0.2) is 59.1 Å². The number of carbonyl (C=O) groups is 2. The topological polar surface area (TPSA) is 75.4 Å². The lowest BCUT2D eigenvalue weighted by atomic mass is 9.94. The van der Waals surface area contributed by atoms with Crippen molar-refractivity contribution in [2.45, 2.75) is 32.7 Å².